The second-order valence-electron chi connectivity index (χ2n) is 6.65. The summed E-state index contributed by atoms with van der Waals surface area (Å²) in [7, 11) is 0. The van der Waals surface area contributed by atoms with E-state index in [9.17, 15) is 5.11 Å². The topological polar surface area (TPSA) is 50.1 Å². The van der Waals surface area contributed by atoms with Crippen LogP contribution >= 0.6 is 0 Å². The first-order chi connectivity index (χ1) is 12.0. The summed E-state index contributed by atoms with van der Waals surface area (Å²) in [6.07, 6.45) is -0.533. The Morgan fingerprint density at radius 2 is 1.84 bits per heavy atom. The zero-order valence-electron chi connectivity index (χ0n) is 15.5. The largest absolute Gasteiger partial charge is 0.387 e. The minimum absolute atomic E-state index is 0.149. The molecule has 4 nitrogen and oxygen atoms in total. The van der Waals surface area contributed by atoms with Gasteiger partial charge in [-0.05, 0) is 50.1 Å². The van der Waals surface area contributed by atoms with Crippen molar-refractivity contribution in [2.24, 2.45) is 0 Å². The molecule has 132 valence electrons. The molecule has 3 aromatic rings. The van der Waals surface area contributed by atoms with Gasteiger partial charge in [-0.1, -0.05) is 36.4 Å². The summed E-state index contributed by atoms with van der Waals surface area (Å²) < 4.78 is 2.03. The number of rotatable bonds is 6. The summed E-state index contributed by atoms with van der Waals surface area (Å²) in [5.74, 6) is 0. The number of aliphatic hydroxyl groups is 1. The highest BCUT2D eigenvalue weighted by Gasteiger charge is 2.18. The van der Waals surface area contributed by atoms with Crippen molar-refractivity contribution in [1.29, 1.82) is 0 Å². The lowest BCUT2D eigenvalue weighted by Gasteiger charge is -2.18. The minimum Gasteiger partial charge on any atom is -0.387 e. The van der Waals surface area contributed by atoms with E-state index >= 15 is 0 Å². The van der Waals surface area contributed by atoms with E-state index in [1.807, 2.05) is 29.8 Å². The van der Waals surface area contributed by atoms with Crippen LogP contribution in [0.4, 0.5) is 0 Å². The van der Waals surface area contributed by atoms with Gasteiger partial charge in [-0.2, -0.15) is 5.10 Å². The number of hydrogen-bond donors (Lipinski definition) is 2. The first-order valence-electron chi connectivity index (χ1n) is 8.95. The highest BCUT2D eigenvalue weighted by Crippen LogP contribution is 2.23. The second-order valence-corrected chi connectivity index (χ2v) is 6.65. The second kappa shape index (κ2) is 7.38. The van der Waals surface area contributed by atoms with E-state index < -0.39 is 6.10 Å². The number of benzene rings is 2. The number of aromatic nitrogens is 2. The molecule has 2 aromatic carbocycles. The van der Waals surface area contributed by atoms with Crippen molar-refractivity contribution in [1.82, 2.24) is 15.1 Å². The van der Waals surface area contributed by atoms with E-state index in [1.54, 1.807) is 0 Å². The van der Waals surface area contributed by atoms with Gasteiger partial charge in [0, 0.05) is 30.4 Å². The van der Waals surface area contributed by atoms with Gasteiger partial charge in [-0.15, -0.1) is 0 Å². The molecule has 0 aliphatic carbocycles. The van der Waals surface area contributed by atoms with Crippen LogP contribution < -0.4 is 5.32 Å². The summed E-state index contributed by atoms with van der Waals surface area (Å²) in [6.45, 7) is 9.77. The predicted molar refractivity (Wildman–Crippen MR) is 103 cm³/mol. The minimum atomic E-state index is -0.533. The monoisotopic (exact) mass is 337 g/mol. The molecule has 2 N–H and O–H groups in total. The third-order valence-corrected chi connectivity index (χ3v) is 4.95. The van der Waals surface area contributed by atoms with E-state index in [4.69, 9.17) is 0 Å². The predicted octanol–water partition coefficient (Wildman–Crippen LogP) is 4.06. The Morgan fingerprint density at radius 3 is 2.52 bits per heavy atom. The zero-order valence-corrected chi connectivity index (χ0v) is 15.5. The van der Waals surface area contributed by atoms with Gasteiger partial charge >= 0.3 is 0 Å². The van der Waals surface area contributed by atoms with Gasteiger partial charge in [0.2, 0.25) is 0 Å². The molecule has 25 heavy (non-hydrogen) atoms. The van der Waals surface area contributed by atoms with Crippen molar-refractivity contribution in [3.8, 4) is 0 Å². The van der Waals surface area contributed by atoms with Gasteiger partial charge < -0.3 is 10.4 Å². The van der Waals surface area contributed by atoms with Crippen LogP contribution in [0.25, 0.3) is 10.8 Å². The quantitative estimate of drug-likeness (QED) is 0.713. The van der Waals surface area contributed by atoms with Crippen LogP contribution in [0.1, 0.15) is 48.5 Å². The molecule has 0 saturated carbocycles. The first kappa shape index (κ1) is 17.6. The average Bonchev–Trinajstić information content (AvgIpc) is 2.92. The Bertz CT molecular complexity index is 869. The van der Waals surface area contributed by atoms with Crippen LogP contribution in [0.15, 0.2) is 42.5 Å². The molecular formula is C21H27N3O. The standard InChI is InChI=1S/C21H27N3O/c1-5-24-16(4)21(15(3)23-24)14(2)22-13-20(25)19-11-10-17-8-6-7-9-18(17)12-19/h6-12,14,20,22,25H,5,13H2,1-4H3. The number of aliphatic hydroxyl groups excluding tert-OH is 1. The number of hydrogen-bond acceptors (Lipinski definition) is 3. The number of fused-ring (bicyclic) bond motifs is 1. The van der Waals surface area contributed by atoms with E-state index in [0.717, 1.165) is 23.2 Å². The van der Waals surface area contributed by atoms with Gasteiger partial charge in [0.25, 0.3) is 0 Å². The van der Waals surface area contributed by atoms with Gasteiger partial charge in [0.1, 0.15) is 0 Å². The molecule has 3 rings (SSSR count). The molecule has 4 heteroatoms. The lowest BCUT2D eigenvalue weighted by atomic mass is 10.0. The Morgan fingerprint density at radius 1 is 1.12 bits per heavy atom. The highest BCUT2D eigenvalue weighted by molar-refractivity contribution is 5.83. The summed E-state index contributed by atoms with van der Waals surface area (Å²) in [4.78, 5) is 0. The molecule has 0 aliphatic rings. The first-order valence-corrected chi connectivity index (χ1v) is 8.95. The fourth-order valence-corrected chi connectivity index (χ4v) is 3.57. The van der Waals surface area contributed by atoms with Crippen LogP contribution in [0.3, 0.4) is 0 Å². The van der Waals surface area contributed by atoms with Crippen molar-refractivity contribution < 1.29 is 5.11 Å². The van der Waals surface area contributed by atoms with E-state index in [2.05, 4.69) is 55.5 Å². The fourth-order valence-electron chi connectivity index (χ4n) is 3.57. The molecule has 0 radical (unpaired) electrons. The zero-order chi connectivity index (χ0) is 18.0. The van der Waals surface area contributed by atoms with Gasteiger partial charge in [-0.25, -0.2) is 0 Å². The summed E-state index contributed by atoms with van der Waals surface area (Å²) in [5, 5.41) is 21.0. The smallest absolute Gasteiger partial charge is 0.0914 e. The maximum absolute atomic E-state index is 10.6. The lowest BCUT2D eigenvalue weighted by molar-refractivity contribution is 0.171. The number of aryl methyl sites for hydroxylation is 2. The molecule has 1 aromatic heterocycles. The molecule has 0 bridgehead atoms. The van der Waals surface area contributed by atoms with Gasteiger partial charge in [-0.3, -0.25) is 4.68 Å². The summed E-state index contributed by atoms with van der Waals surface area (Å²) in [6, 6.07) is 14.5. The molecule has 0 amide bonds. The van der Waals surface area contributed by atoms with Gasteiger partial charge in [0.15, 0.2) is 0 Å². The van der Waals surface area contributed by atoms with E-state index in [0.29, 0.717) is 6.54 Å². The van der Waals surface area contributed by atoms with E-state index in [-0.39, 0.29) is 6.04 Å². The van der Waals surface area contributed by atoms with Crippen molar-refractivity contribution in [2.45, 2.75) is 46.4 Å². The Balaban J connectivity index is 1.70. The SMILES string of the molecule is CCn1nc(C)c(C(C)NCC(O)c2ccc3ccccc3c2)c1C. The number of nitrogens with one attached hydrogen (secondary N) is 1. The molecule has 0 saturated heterocycles. The summed E-state index contributed by atoms with van der Waals surface area (Å²) >= 11 is 0. The summed E-state index contributed by atoms with van der Waals surface area (Å²) in [5.41, 5.74) is 4.42. The van der Waals surface area contributed by atoms with Crippen molar-refractivity contribution >= 4 is 10.8 Å². The molecule has 2 unspecified atom stereocenters. The van der Waals surface area contributed by atoms with Crippen molar-refractivity contribution in [2.75, 3.05) is 6.54 Å². The van der Waals surface area contributed by atoms with Crippen LogP contribution in [-0.2, 0) is 6.54 Å². The van der Waals surface area contributed by atoms with Crippen LogP contribution in [0.5, 0.6) is 0 Å². The Hall–Kier alpha value is -2.17. The molecule has 0 aliphatic heterocycles. The number of nitrogens with zero attached hydrogens (tertiary/aromatic N) is 2. The van der Waals surface area contributed by atoms with E-state index in [1.165, 1.54) is 16.6 Å². The molecule has 1 heterocycles. The Kier molecular flexibility index (Phi) is 5.21. The third kappa shape index (κ3) is 3.60. The molecule has 2 atom stereocenters. The van der Waals surface area contributed by atoms with Crippen molar-refractivity contribution in [3.63, 3.8) is 0 Å². The van der Waals surface area contributed by atoms with Crippen LogP contribution in [0, 0.1) is 13.8 Å². The third-order valence-electron chi connectivity index (χ3n) is 4.95. The fraction of sp³-hybridized carbons (Fsp3) is 0.381. The normalized spacial score (nSPS) is 14.0. The lowest BCUT2D eigenvalue weighted by Crippen LogP contribution is -2.25. The molecule has 0 fully saturated rings. The maximum Gasteiger partial charge on any atom is 0.0914 e. The van der Waals surface area contributed by atoms with Crippen LogP contribution in [0.2, 0.25) is 0 Å². The van der Waals surface area contributed by atoms with Crippen LogP contribution in [-0.4, -0.2) is 21.4 Å². The molecule has 0 spiro atoms. The van der Waals surface area contributed by atoms with Crippen molar-refractivity contribution in [3.05, 3.63) is 65.0 Å². The molecular weight excluding hydrogens is 310 g/mol. The average molecular weight is 337 g/mol. The Labute approximate surface area is 149 Å². The highest BCUT2D eigenvalue weighted by atomic mass is 16.3. The van der Waals surface area contributed by atoms with Gasteiger partial charge in [0.05, 0.1) is 11.8 Å². The maximum atomic E-state index is 10.6.